The zero-order chi connectivity index (χ0) is 18.1. The van der Waals surface area contributed by atoms with E-state index in [0.29, 0.717) is 11.3 Å². The lowest BCUT2D eigenvalue weighted by atomic mass is 9.86. The molecule has 0 unspecified atom stereocenters. The molecule has 4 heteroatoms. The molecule has 1 aliphatic heterocycles. The molecule has 1 heterocycles. The molecule has 2 N–H and O–H groups in total. The third-order valence-electron chi connectivity index (χ3n) is 4.33. The van der Waals surface area contributed by atoms with Gasteiger partial charge in [0.1, 0.15) is 0 Å². The number of hydrogen-bond acceptors (Lipinski definition) is 4. The third kappa shape index (κ3) is 2.67. The van der Waals surface area contributed by atoms with E-state index in [2.05, 4.69) is 0 Å². The van der Waals surface area contributed by atoms with Crippen LogP contribution in [-0.2, 0) is 14.3 Å². The number of carbonyl (C=O) groups is 2. The summed E-state index contributed by atoms with van der Waals surface area (Å²) in [5.41, 5.74) is 11.2. The maximum Gasteiger partial charge on any atom is 0.346 e. The van der Waals surface area contributed by atoms with Gasteiger partial charge in [-0.15, -0.1) is 0 Å². The molecule has 0 saturated carbocycles. The van der Waals surface area contributed by atoms with Crippen molar-refractivity contribution in [2.24, 2.45) is 0 Å². The maximum atomic E-state index is 12.2. The normalized spacial score (nSPS) is 13.5. The van der Waals surface area contributed by atoms with Crippen LogP contribution < -0.4 is 5.73 Å². The number of rotatable bonds is 3. The second kappa shape index (κ2) is 6.33. The average Bonchev–Trinajstić information content (AvgIpc) is 3.01. The number of benzene rings is 3. The molecule has 0 radical (unpaired) electrons. The first-order valence-corrected chi connectivity index (χ1v) is 8.16. The highest BCUT2D eigenvalue weighted by molar-refractivity contribution is 6.30. The van der Waals surface area contributed by atoms with Gasteiger partial charge in [-0.2, -0.15) is 0 Å². The second-order valence-corrected chi connectivity index (χ2v) is 5.95. The summed E-state index contributed by atoms with van der Waals surface area (Å²) in [4.78, 5) is 23.7. The number of carbonyl (C=O) groups excluding carboxylic acids is 2. The molecule has 4 rings (SSSR count). The highest BCUT2D eigenvalue weighted by atomic mass is 16.6. The van der Waals surface area contributed by atoms with Gasteiger partial charge in [0.15, 0.2) is 0 Å². The SMILES string of the molecule is Nc1ccc(C2=CC(=O)OC2=O)c(-c2ccccc2)c1-c1ccccc1. The molecule has 0 fully saturated rings. The Morgan fingerprint density at radius 1 is 0.692 bits per heavy atom. The lowest BCUT2D eigenvalue weighted by Crippen LogP contribution is -2.04. The minimum atomic E-state index is -0.651. The van der Waals surface area contributed by atoms with Crippen LogP contribution in [0.2, 0.25) is 0 Å². The summed E-state index contributed by atoms with van der Waals surface area (Å²) in [6.07, 6.45) is 1.23. The molecule has 0 aromatic heterocycles. The minimum Gasteiger partial charge on any atom is -0.398 e. The number of cyclic esters (lactones) is 2. The Morgan fingerprint density at radius 2 is 1.27 bits per heavy atom. The van der Waals surface area contributed by atoms with Gasteiger partial charge in [0.25, 0.3) is 0 Å². The van der Waals surface area contributed by atoms with E-state index in [1.54, 1.807) is 12.1 Å². The lowest BCUT2D eigenvalue weighted by molar-refractivity contribution is -0.149. The van der Waals surface area contributed by atoms with Crippen LogP contribution in [0.4, 0.5) is 5.69 Å². The fourth-order valence-corrected chi connectivity index (χ4v) is 3.20. The number of anilines is 1. The molecule has 26 heavy (non-hydrogen) atoms. The smallest absolute Gasteiger partial charge is 0.346 e. The molecule has 1 aliphatic rings. The number of ether oxygens (including phenoxy) is 1. The average molecular weight is 341 g/mol. The Kier molecular flexibility index (Phi) is 3.86. The maximum absolute atomic E-state index is 12.2. The molecule has 3 aromatic rings. The standard InChI is InChI=1S/C22H15NO3/c23-18-12-11-16(17-13-19(24)26-22(17)25)20(14-7-3-1-4-8-14)21(18)15-9-5-2-6-10-15/h1-13H,23H2. The molecule has 0 atom stereocenters. The van der Waals surface area contributed by atoms with E-state index in [4.69, 9.17) is 10.5 Å². The predicted octanol–water partition coefficient (Wildman–Crippen LogP) is 4.07. The molecular weight excluding hydrogens is 326 g/mol. The van der Waals surface area contributed by atoms with Crippen molar-refractivity contribution in [3.8, 4) is 22.3 Å². The van der Waals surface area contributed by atoms with Crippen LogP contribution in [0.5, 0.6) is 0 Å². The Balaban J connectivity index is 2.07. The van der Waals surface area contributed by atoms with Crippen LogP contribution in [0, 0.1) is 0 Å². The summed E-state index contributed by atoms with van der Waals surface area (Å²) in [5, 5.41) is 0. The fraction of sp³-hybridized carbons (Fsp3) is 0. The first-order valence-electron chi connectivity index (χ1n) is 8.16. The van der Waals surface area contributed by atoms with Crippen LogP contribution in [0.1, 0.15) is 5.56 Å². The van der Waals surface area contributed by atoms with Crippen molar-refractivity contribution in [3.05, 3.63) is 84.4 Å². The Hall–Kier alpha value is -3.66. The minimum absolute atomic E-state index is 0.242. The van der Waals surface area contributed by atoms with Crippen molar-refractivity contribution >= 4 is 23.2 Å². The van der Waals surface area contributed by atoms with Gasteiger partial charge in [-0.3, -0.25) is 0 Å². The van der Waals surface area contributed by atoms with Crippen molar-refractivity contribution in [2.45, 2.75) is 0 Å². The van der Waals surface area contributed by atoms with Gasteiger partial charge in [0.2, 0.25) is 0 Å². The summed E-state index contributed by atoms with van der Waals surface area (Å²) in [6, 6.07) is 22.9. The summed E-state index contributed by atoms with van der Waals surface area (Å²) >= 11 is 0. The zero-order valence-electron chi connectivity index (χ0n) is 13.8. The van der Waals surface area contributed by atoms with Gasteiger partial charge in [-0.25, -0.2) is 9.59 Å². The molecule has 0 aliphatic carbocycles. The third-order valence-corrected chi connectivity index (χ3v) is 4.33. The topological polar surface area (TPSA) is 69.4 Å². The molecule has 4 nitrogen and oxygen atoms in total. The van der Waals surface area contributed by atoms with Gasteiger partial charge < -0.3 is 10.5 Å². The van der Waals surface area contributed by atoms with Gasteiger partial charge in [-0.1, -0.05) is 66.7 Å². The Morgan fingerprint density at radius 3 is 1.81 bits per heavy atom. The largest absolute Gasteiger partial charge is 0.398 e. The molecule has 0 saturated heterocycles. The zero-order valence-corrected chi connectivity index (χ0v) is 13.8. The number of nitrogens with two attached hydrogens (primary N) is 1. The van der Waals surface area contributed by atoms with Crippen molar-refractivity contribution in [2.75, 3.05) is 5.73 Å². The van der Waals surface area contributed by atoms with E-state index < -0.39 is 11.9 Å². The van der Waals surface area contributed by atoms with Crippen molar-refractivity contribution in [3.63, 3.8) is 0 Å². The highest BCUT2D eigenvalue weighted by Gasteiger charge is 2.28. The molecule has 0 bridgehead atoms. The lowest BCUT2D eigenvalue weighted by Gasteiger charge is -2.18. The van der Waals surface area contributed by atoms with E-state index in [1.807, 2.05) is 60.7 Å². The van der Waals surface area contributed by atoms with Crippen molar-refractivity contribution in [1.29, 1.82) is 0 Å². The van der Waals surface area contributed by atoms with Gasteiger partial charge in [0, 0.05) is 17.3 Å². The fourth-order valence-electron chi connectivity index (χ4n) is 3.20. The first kappa shape index (κ1) is 15.8. The molecule has 3 aromatic carbocycles. The van der Waals surface area contributed by atoms with Crippen LogP contribution in [-0.4, -0.2) is 11.9 Å². The Bertz CT molecular complexity index is 1040. The summed E-state index contributed by atoms with van der Waals surface area (Å²) in [7, 11) is 0. The molecule has 126 valence electrons. The summed E-state index contributed by atoms with van der Waals surface area (Å²) in [6.45, 7) is 0. The van der Waals surface area contributed by atoms with Gasteiger partial charge in [-0.05, 0) is 28.3 Å². The van der Waals surface area contributed by atoms with E-state index in [0.717, 1.165) is 22.3 Å². The van der Waals surface area contributed by atoms with Gasteiger partial charge >= 0.3 is 11.9 Å². The molecule has 0 spiro atoms. The van der Waals surface area contributed by atoms with Gasteiger partial charge in [0.05, 0.1) is 5.57 Å². The molecular formula is C22H15NO3. The van der Waals surface area contributed by atoms with Crippen molar-refractivity contribution < 1.29 is 14.3 Å². The van der Waals surface area contributed by atoms with E-state index in [-0.39, 0.29) is 5.57 Å². The van der Waals surface area contributed by atoms with Crippen LogP contribution in [0.25, 0.3) is 27.8 Å². The number of esters is 2. The summed E-state index contributed by atoms with van der Waals surface area (Å²) in [5.74, 6) is -1.29. The van der Waals surface area contributed by atoms with Crippen LogP contribution in [0.3, 0.4) is 0 Å². The van der Waals surface area contributed by atoms with Crippen LogP contribution in [0.15, 0.2) is 78.9 Å². The number of nitrogen functional groups attached to an aromatic ring is 1. The summed E-state index contributed by atoms with van der Waals surface area (Å²) < 4.78 is 4.69. The van der Waals surface area contributed by atoms with E-state index in [9.17, 15) is 9.59 Å². The Labute approximate surface area is 150 Å². The van der Waals surface area contributed by atoms with Crippen molar-refractivity contribution in [1.82, 2.24) is 0 Å². The van der Waals surface area contributed by atoms with E-state index >= 15 is 0 Å². The first-order chi connectivity index (χ1) is 12.6. The quantitative estimate of drug-likeness (QED) is 0.443. The second-order valence-electron chi connectivity index (χ2n) is 5.95. The number of hydrogen-bond donors (Lipinski definition) is 1. The predicted molar refractivity (Wildman–Crippen MR) is 101 cm³/mol. The monoisotopic (exact) mass is 341 g/mol. The highest BCUT2D eigenvalue weighted by Crippen LogP contribution is 2.42. The van der Waals surface area contributed by atoms with E-state index in [1.165, 1.54) is 6.08 Å². The molecule has 0 amide bonds. The van der Waals surface area contributed by atoms with Crippen LogP contribution >= 0.6 is 0 Å².